The molecule has 0 bridgehead atoms. The van der Waals surface area contributed by atoms with Crippen molar-refractivity contribution in [2.75, 3.05) is 7.05 Å². The van der Waals surface area contributed by atoms with Crippen LogP contribution in [0.5, 0.6) is 0 Å². The minimum absolute atomic E-state index is 0.0986. The van der Waals surface area contributed by atoms with Crippen LogP contribution < -0.4 is 5.32 Å². The van der Waals surface area contributed by atoms with Gasteiger partial charge in [-0.2, -0.15) is 0 Å². The SMILES string of the molecule is CCC(NC)c1ccn(Cc2cccc([N+](=O)[O-])c2Br)c1. The van der Waals surface area contributed by atoms with Crippen molar-refractivity contribution in [1.29, 1.82) is 0 Å². The Hall–Kier alpha value is -1.66. The lowest BCUT2D eigenvalue weighted by molar-refractivity contribution is -0.385. The molecule has 1 heterocycles. The molecule has 1 unspecified atom stereocenters. The topological polar surface area (TPSA) is 60.1 Å². The first kappa shape index (κ1) is 15.7. The zero-order chi connectivity index (χ0) is 15.4. The molecule has 112 valence electrons. The van der Waals surface area contributed by atoms with E-state index in [1.807, 2.05) is 23.9 Å². The molecule has 0 spiro atoms. The van der Waals surface area contributed by atoms with E-state index in [-0.39, 0.29) is 10.6 Å². The first-order chi connectivity index (χ1) is 10.1. The second kappa shape index (κ2) is 6.87. The van der Waals surface area contributed by atoms with E-state index in [0.29, 0.717) is 17.1 Å². The first-order valence-electron chi connectivity index (χ1n) is 6.81. The van der Waals surface area contributed by atoms with Crippen molar-refractivity contribution in [3.8, 4) is 0 Å². The molecule has 1 N–H and O–H groups in total. The predicted molar refractivity (Wildman–Crippen MR) is 86.4 cm³/mol. The maximum Gasteiger partial charge on any atom is 0.283 e. The third kappa shape index (κ3) is 3.51. The minimum atomic E-state index is -0.372. The van der Waals surface area contributed by atoms with Gasteiger partial charge in [-0.15, -0.1) is 0 Å². The molecule has 0 radical (unpaired) electrons. The Kier molecular flexibility index (Phi) is 5.14. The van der Waals surface area contributed by atoms with Crippen LogP contribution in [0.3, 0.4) is 0 Å². The zero-order valence-corrected chi connectivity index (χ0v) is 13.6. The van der Waals surface area contributed by atoms with Crippen LogP contribution in [-0.4, -0.2) is 16.5 Å². The average molecular weight is 352 g/mol. The summed E-state index contributed by atoms with van der Waals surface area (Å²) >= 11 is 3.34. The minimum Gasteiger partial charge on any atom is -0.350 e. The van der Waals surface area contributed by atoms with E-state index in [9.17, 15) is 10.1 Å². The molecule has 0 fully saturated rings. The molecule has 2 aromatic rings. The monoisotopic (exact) mass is 351 g/mol. The van der Waals surface area contributed by atoms with E-state index < -0.39 is 0 Å². The lowest BCUT2D eigenvalue weighted by Crippen LogP contribution is -2.14. The largest absolute Gasteiger partial charge is 0.350 e. The van der Waals surface area contributed by atoms with Crippen LogP contribution in [0.4, 0.5) is 5.69 Å². The Balaban J connectivity index is 2.23. The summed E-state index contributed by atoms with van der Waals surface area (Å²) in [6.07, 6.45) is 5.09. The number of rotatable bonds is 6. The van der Waals surface area contributed by atoms with Crippen molar-refractivity contribution in [2.45, 2.75) is 25.9 Å². The maximum absolute atomic E-state index is 11.0. The summed E-state index contributed by atoms with van der Waals surface area (Å²) in [4.78, 5) is 10.6. The Labute approximate surface area is 132 Å². The van der Waals surface area contributed by atoms with E-state index in [0.717, 1.165) is 12.0 Å². The van der Waals surface area contributed by atoms with E-state index in [4.69, 9.17) is 0 Å². The van der Waals surface area contributed by atoms with Gasteiger partial charge in [-0.05, 0) is 46.6 Å². The van der Waals surface area contributed by atoms with Gasteiger partial charge in [0.15, 0.2) is 0 Å². The molecular formula is C15H18BrN3O2. The highest BCUT2D eigenvalue weighted by molar-refractivity contribution is 9.10. The highest BCUT2D eigenvalue weighted by atomic mass is 79.9. The second-order valence-electron chi connectivity index (χ2n) is 4.87. The van der Waals surface area contributed by atoms with Gasteiger partial charge < -0.3 is 9.88 Å². The highest BCUT2D eigenvalue weighted by Crippen LogP contribution is 2.29. The second-order valence-corrected chi connectivity index (χ2v) is 5.67. The number of nitrogens with zero attached hydrogens (tertiary/aromatic N) is 2. The molecule has 21 heavy (non-hydrogen) atoms. The number of hydrogen-bond acceptors (Lipinski definition) is 3. The van der Waals surface area contributed by atoms with Crippen LogP contribution in [0.25, 0.3) is 0 Å². The quantitative estimate of drug-likeness (QED) is 0.634. The van der Waals surface area contributed by atoms with Gasteiger partial charge >= 0.3 is 0 Å². The molecule has 6 heteroatoms. The number of nitro benzene ring substituents is 1. The van der Waals surface area contributed by atoms with Gasteiger partial charge in [0.2, 0.25) is 0 Å². The summed E-state index contributed by atoms with van der Waals surface area (Å²) in [6, 6.07) is 7.52. The van der Waals surface area contributed by atoms with Gasteiger partial charge in [0.05, 0.1) is 4.92 Å². The Morgan fingerprint density at radius 1 is 1.43 bits per heavy atom. The van der Waals surface area contributed by atoms with Crippen LogP contribution >= 0.6 is 15.9 Å². The molecule has 0 saturated heterocycles. The molecule has 1 aromatic heterocycles. The fraction of sp³-hybridized carbons (Fsp3) is 0.333. The van der Waals surface area contributed by atoms with Gasteiger partial charge in [0, 0.05) is 31.0 Å². The molecule has 0 aliphatic rings. The number of nitro groups is 1. The van der Waals surface area contributed by atoms with Crippen molar-refractivity contribution < 1.29 is 4.92 Å². The molecule has 0 amide bonds. The van der Waals surface area contributed by atoms with E-state index >= 15 is 0 Å². The molecule has 1 atom stereocenters. The number of nitrogens with one attached hydrogen (secondary N) is 1. The van der Waals surface area contributed by atoms with Crippen LogP contribution in [-0.2, 0) is 6.54 Å². The van der Waals surface area contributed by atoms with E-state index in [1.165, 1.54) is 11.6 Å². The van der Waals surface area contributed by atoms with E-state index in [2.05, 4.69) is 40.4 Å². The van der Waals surface area contributed by atoms with Gasteiger partial charge in [-0.3, -0.25) is 10.1 Å². The fourth-order valence-electron chi connectivity index (χ4n) is 2.40. The summed E-state index contributed by atoms with van der Waals surface area (Å²) in [6.45, 7) is 2.73. The number of benzene rings is 1. The van der Waals surface area contributed by atoms with Gasteiger partial charge in [0.1, 0.15) is 4.47 Å². The van der Waals surface area contributed by atoms with E-state index in [1.54, 1.807) is 6.07 Å². The highest BCUT2D eigenvalue weighted by Gasteiger charge is 2.15. The van der Waals surface area contributed by atoms with Crippen molar-refractivity contribution in [2.24, 2.45) is 0 Å². The average Bonchev–Trinajstić information content (AvgIpc) is 2.91. The summed E-state index contributed by atoms with van der Waals surface area (Å²) in [5.41, 5.74) is 2.21. The molecule has 5 nitrogen and oxygen atoms in total. The first-order valence-corrected chi connectivity index (χ1v) is 7.60. The predicted octanol–water partition coefficient (Wildman–Crippen LogP) is 3.88. The Bertz CT molecular complexity index is 636. The summed E-state index contributed by atoms with van der Waals surface area (Å²) in [7, 11) is 1.95. The van der Waals surface area contributed by atoms with Crippen molar-refractivity contribution in [1.82, 2.24) is 9.88 Å². The van der Waals surface area contributed by atoms with Gasteiger partial charge in [0.25, 0.3) is 5.69 Å². The summed E-state index contributed by atoms with van der Waals surface area (Å²) in [5.74, 6) is 0. The van der Waals surface area contributed by atoms with Crippen LogP contribution in [0.15, 0.2) is 41.1 Å². The summed E-state index contributed by atoms with van der Waals surface area (Å²) in [5, 5.41) is 14.2. The van der Waals surface area contributed by atoms with Crippen LogP contribution in [0.1, 0.15) is 30.5 Å². The standard InChI is InChI=1S/C15H18BrN3O2/c1-3-13(17-2)11-7-8-18(9-11)10-12-5-4-6-14(15(12)16)19(20)21/h4-9,13,17H,3,10H2,1-2H3. The normalized spacial score (nSPS) is 12.3. The van der Waals surface area contributed by atoms with Gasteiger partial charge in [-0.25, -0.2) is 0 Å². The van der Waals surface area contributed by atoms with Crippen molar-refractivity contribution >= 4 is 21.6 Å². The molecule has 0 aliphatic carbocycles. The molecule has 0 aliphatic heterocycles. The van der Waals surface area contributed by atoms with Gasteiger partial charge in [-0.1, -0.05) is 19.1 Å². The number of aromatic nitrogens is 1. The number of hydrogen-bond donors (Lipinski definition) is 1. The number of halogens is 1. The molecule has 1 aromatic carbocycles. The van der Waals surface area contributed by atoms with Crippen molar-refractivity contribution in [3.63, 3.8) is 0 Å². The fourth-order valence-corrected chi connectivity index (χ4v) is 2.93. The molecule has 0 saturated carbocycles. The Morgan fingerprint density at radius 3 is 2.81 bits per heavy atom. The summed E-state index contributed by atoms with van der Waals surface area (Å²) < 4.78 is 2.59. The Morgan fingerprint density at radius 2 is 2.19 bits per heavy atom. The van der Waals surface area contributed by atoms with Crippen molar-refractivity contribution in [3.05, 3.63) is 62.4 Å². The van der Waals surface area contributed by atoms with Crippen LogP contribution in [0, 0.1) is 10.1 Å². The van der Waals surface area contributed by atoms with Crippen LogP contribution in [0.2, 0.25) is 0 Å². The molecular weight excluding hydrogens is 334 g/mol. The maximum atomic E-state index is 11.0. The molecule has 2 rings (SSSR count). The lowest BCUT2D eigenvalue weighted by atomic mass is 10.1. The third-order valence-corrected chi connectivity index (χ3v) is 4.46. The smallest absolute Gasteiger partial charge is 0.283 e. The lowest BCUT2D eigenvalue weighted by Gasteiger charge is -2.11. The zero-order valence-electron chi connectivity index (χ0n) is 12.0. The third-order valence-electron chi connectivity index (χ3n) is 3.54.